The molecule has 1 rings (SSSR count). The van der Waals surface area contributed by atoms with Gasteiger partial charge in [-0.2, -0.15) is 0 Å². The zero-order chi connectivity index (χ0) is 27.3. The smallest absolute Gasteiger partial charge is 0.338 e. The lowest BCUT2D eigenvalue weighted by molar-refractivity contribution is 0.0476. The molecule has 0 aliphatic heterocycles. The Labute approximate surface area is 226 Å². The molecule has 1 N–H and O–H groups in total. The third-order valence-electron chi connectivity index (χ3n) is 6.84. The summed E-state index contributed by atoms with van der Waals surface area (Å²) in [5, 5.41) is 11.0. The number of hydrogen-bond donors (Lipinski definition) is 1. The third-order valence-corrected chi connectivity index (χ3v) is 6.84. The van der Waals surface area contributed by atoms with Crippen molar-refractivity contribution in [3.63, 3.8) is 0 Å². The highest BCUT2D eigenvalue weighted by molar-refractivity contribution is 5.95. The summed E-state index contributed by atoms with van der Waals surface area (Å²) in [6.45, 7) is 9.53. The Balaban J connectivity index is 2.75. The van der Waals surface area contributed by atoms with E-state index < -0.39 is 18.0 Å². The lowest BCUT2D eigenvalue weighted by atomic mass is 9.95. The van der Waals surface area contributed by atoms with Gasteiger partial charge in [0.15, 0.2) is 0 Å². The van der Waals surface area contributed by atoms with Crippen LogP contribution in [0.3, 0.4) is 0 Å². The molecule has 1 unspecified atom stereocenters. The van der Waals surface area contributed by atoms with Crippen molar-refractivity contribution < 1.29 is 24.2 Å². The van der Waals surface area contributed by atoms with Gasteiger partial charge in [0, 0.05) is 0 Å². The van der Waals surface area contributed by atoms with E-state index in [9.17, 15) is 14.7 Å². The molecule has 1 aromatic rings. The minimum absolute atomic E-state index is 0.342. The largest absolute Gasteiger partial charge is 0.462 e. The van der Waals surface area contributed by atoms with Crippen molar-refractivity contribution in [1.29, 1.82) is 0 Å². The van der Waals surface area contributed by atoms with Crippen LogP contribution < -0.4 is 0 Å². The van der Waals surface area contributed by atoms with Crippen LogP contribution in [0.4, 0.5) is 0 Å². The number of esters is 2. The van der Waals surface area contributed by atoms with Gasteiger partial charge >= 0.3 is 11.9 Å². The van der Waals surface area contributed by atoms with Crippen molar-refractivity contribution in [3.8, 4) is 0 Å². The second-order valence-corrected chi connectivity index (χ2v) is 10.8. The number of ether oxygens (including phenoxy) is 2. The van der Waals surface area contributed by atoms with E-state index in [-0.39, 0.29) is 0 Å². The van der Waals surface area contributed by atoms with E-state index >= 15 is 0 Å². The molecule has 0 aromatic heterocycles. The van der Waals surface area contributed by atoms with Crippen molar-refractivity contribution in [2.75, 3.05) is 13.2 Å². The molecular formula is C32H54O5. The maximum Gasteiger partial charge on any atom is 0.338 e. The fourth-order valence-electron chi connectivity index (χ4n) is 4.45. The first kappa shape index (κ1) is 33.1. The van der Waals surface area contributed by atoms with Gasteiger partial charge in [0.05, 0.1) is 30.4 Å². The van der Waals surface area contributed by atoms with Crippen LogP contribution in [0.1, 0.15) is 163 Å². The van der Waals surface area contributed by atoms with Gasteiger partial charge in [-0.3, -0.25) is 0 Å². The summed E-state index contributed by atoms with van der Waals surface area (Å²) in [5.74, 6) is -0.222. The summed E-state index contributed by atoms with van der Waals surface area (Å²) in [6.07, 6.45) is 16.1. The first-order valence-electron chi connectivity index (χ1n) is 15.1. The Morgan fingerprint density at radius 2 is 1.22 bits per heavy atom. The number of unbranched alkanes of at least 4 members (excludes halogenated alkanes) is 11. The van der Waals surface area contributed by atoms with E-state index in [0.717, 1.165) is 57.8 Å². The lowest BCUT2D eigenvalue weighted by Crippen LogP contribution is -2.14. The summed E-state index contributed by atoms with van der Waals surface area (Å²) in [5.41, 5.74) is 1.18. The van der Waals surface area contributed by atoms with Crippen LogP contribution in [0.15, 0.2) is 18.2 Å². The first-order valence-corrected chi connectivity index (χ1v) is 15.1. The van der Waals surface area contributed by atoms with Crippen LogP contribution in [0.25, 0.3) is 0 Å². The molecule has 0 aliphatic rings. The second kappa shape index (κ2) is 21.1. The van der Waals surface area contributed by atoms with Crippen LogP contribution in [-0.4, -0.2) is 30.3 Å². The molecule has 1 atom stereocenters. The van der Waals surface area contributed by atoms with Gasteiger partial charge in [0.25, 0.3) is 0 Å². The molecule has 1 aromatic carbocycles. The number of benzene rings is 1. The van der Waals surface area contributed by atoms with Gasteiger partial charge in [-0.15, -0.1) is 0 Å². The van der Waals surface area contributed by atoms with Crippen molar-refractivity contribution >= 4 is 11.9 Å². The molecule has 0 spiro atoms. The number of hydrogen-bond acceptors (Lipinski definition) is 5. The molecule has 0 heterocycles. The van der Waals surface area contributed by atoms with Crippen molar-refractivity contribution in [2.45, 2.75) is 137 Å². The van der Waals surface area contributed by atoms with Gasteiger partial charge in [-0.05, 0) is 48.9 Å². The highest BCUT2D eigenvalue weighted by Gasteiger charge is 2.21. The Bertz CT molecular complexity index is 743. The number of aliphatic hydroxyl groups excluding tert-OH is 1. The van der Waals surface area contributed by atoms with Crippen molar-refractivity contribution in [2.24, 2.45) is 5.92 Å². The summed E-state index contributed by atoms with van der Waals surface area (Å²) >= 11 is 0. The number of carbonyl (C=O) groups is 2. The molecule has 5 heteroatoms. The molecule has 0 fully saturated rings. The van der Waals surface area contributed by atoms with Crippen molar-refractivity contribution in [3.05, 3.63) is 34.9 Å². The van der Waals surface area contributed by atoms with E-state index in [0.29, 0.717) is 42.2 Å². The summed E-state index contributed by atoms with van der Waals surface area (Å²) in [4.78, 5) is 25.5. The molecule has 0 saturated heterocycles. The predicted octanol–water partition coefficient (Wildman–Crippen LogP) is 8.97. The maximum absolute atomic E-state index is 12.9. The van der Waals surface area contributed by atoms with Gasteiger partial charge in [0.2, 0.25) is 0 Å². The average molecular weight is 519 g/mol. The van der Waals surface area contributed by atoms with Crippen molar-refractivity contribution in [1.82, 2.24) is 0 Å². The number of aliphatic hydroxyl groups is 1. The fraction of sp³-hybridized carbons (Fsp3) is 0.750. The molecule has 0 aliphatic carbocycles. The van der Waals surface area contributed by atoms with Crippen LogP contribution >= 0.6 is 0 Å². The van der Waals surface area contributed by atoms with Crippen LogP contribution in [0.2, 0.25) is 0 Å². The van der Waals surface area contributed by atoms with Crippen LogP contribution in [-0.2, 0) is 9.47 Å². The first-order chi connectivity index (χ1) is 17.9. The Morgan fingerprint density at radius 3 is 1.78 bits per heavy atom. The second-order valence-electron chi connectivity index (χ2n) is 10.8. The topological polar surface area (TPSA) is 72.8 Å². The normalized spacial score (nSPS) is 12.1. The van der Waals surface area contributed by atoms with Crippen LogP contribution in [0.5, 0.6) is 0 Å². The highest BCUT2D eigenvalue weighted by atomic mass is 16.5. The average Bonchev–Trinajstić information content (AvgIpc) is 2.89. The quantitative estimate of drug-likeness (QED) is 0.122. The minimum atomic E-state index is -0.824. The van der Waals surface area contributed by atoms with Gasteiger partial charge < -0.3 is 14.6 Å². The molecule has 5 nitrogen and oxygen atoms in total. The molecular weight excluding hydrogens is 464 g/mol. The van der Waals surface area contributed by atoms with E-state index in [1.165, 1.54) is 38.5 Å². The number of carbonyl (C=O) groups excluding carboxylic acids is 2. The fourth-order valence-corrected chi connectivity index (χ4v) is 4.45. The van der Waals surface area contributed by atoms with Crippen LogP contribution in [0, 0.1) is 5.92 Å². The molecule has 0 bridgehead atoms. The predicted molar refractivity (Wildman–Crippen MR) is 152 cm³/mol. The van der Waals surface area contributed by atoms with E-state index in [4.69, 9.17) is 9.47 Å². The van der Waals surface area contributed by atoms with E-state index in [2.05, 4.69) is 27.7 Å². The Hall–Kier alpha value is -1.88. The van der Waals surface area contributed by atoms with E-state index in [1.54, 1.807) is 18.2 Å². The number of rotatable bonds is 22. The Kier molecular flexibility index (Phi) is 18.9. The summed E-state index contributed by atoms with van der Waals surface area (Å²) < 4.78 is 11.0. The Morgan fingerprint density at radius 1 is 0.703 bits per heavy atom. The lowest BCUT2D eigenvalue weighted by Gasteiger charge is -2.17. The molecule has 212 valence electrons. The molecule has 37 heavy (non-hydrogen) atoms. The maximum atomic E-state index is 12.9. The molecule has 0 amide bonds. The summed E-state index contributed by atoms with van der Waals surface area (Å²) in [6, 6.07) is 4.84. The highest BCUT2D eigenvalue weighted by Crippen LogP contribution is 2.26. The monoisotopic (exact) mass is 518 g/mol. The van der Waals surface area contributed by atoms with E-state index in [1.807, 2.05) is 0 Å². The molecule has 0 saturated carbocycles. The summed E-state index contributed by atoms with van der Waals surface area (Å²) in [7, 11) is 0. The standard InChI is InChI=1S/C32H54O5/c1-5-7-9-11-13-17-23-36-31(34)27-21-22-28(32(35)37-24-18-14-12-10-8-6-2)29(25-27)30(33)20-16-15-19-26(3)4/h21-22,25-26,30,33H,5-20,23-24H2,1-4H3. The zero-order valence-corrected chi connectivity index (χ0v) is 24.2. The van der Waals surface area contributed by atoms with Gasteiger partial charge in [0.1, 0.15) is 0 Å². The minimum Gasteiger partial charge on any atom is -0.462 e. The molecule has 0 radical (unpaired) electrons. The zero-order valence-electron chi connectivity index (χ0n) is 24.2. The third kappa shape index (κ3) is 15.2. The van der Waals surface area contributed by atoms with Gasteiger partial charge in [-0.25, -0.2) is 9.59 Å². The SMILES string of the molecule is CCCCCCCCOC(=O)c1ccc(C(=O)OCCCCCCCC)c(C(O)CCCCC(C)C)c1. The van der Waals surface area contributed by atoms with Gasteiger partial charge in [-0.1, -0.05) is 111 Å².